The van der Waals surface area contributed by atoms with Crippen molar-refractivity contribution in [2.24, 2.45) is 22.2 Å². The number of nitrogens with zero attached hydrogens (tertiary/aromatic N) is 1. The summed E-state index contributed by atoms with van der Waals surface area (Å²) >= 11 is 0. The van der Waals surface area contributed by atoms with Crippen LogP contribution in [0.2, 0.25) is 0 Å². The van der Waals surface area contributed by atoms with Crippen LogP contribution >= 0.6 is 0 Å². The number of aliphatic imine (C=N–C) groups is 1. The molecule has 0 aliphatic rings. The Bertz CT molecular complexity index is 1300. The van der Waals surface area contributed by atoms with Crippen molar-refractivity contribution in [2.45, 2.75) is 62.7 Å². The summed E-state index contributed by atoms with van der Waals surface area (Å²) in [6.45, 7) is 0.259. The highest BCUT2D eigenvalue weighted by Gasteiger charge is 2.31. The number of carboxylic acids is 2. The van der Waals surface area contributed by atoms with Gasteiger partial charge in [0.25, 0.3) is 0 Å². The summed E-state index contributed by atoms with van der Waals surface area (Å²) in [6, 6.07) is 9.57. The Kier molecular flexibility index (Phi) is 14.1. The molecule has 0 heterocycles. The maximum absolute atomic E-state index is 13.6. The number of carbonyl (C=O) groups excluding carboxylic acids is 3. The molecule has 4 atom stereocenters. The number of nitrogens with one attached hydrogen (secondary N) is 3. The predicted octanol–water partition coefficient (Wildman–Crippen LogP) is -1.04. The van der Waals surface area contributed by atoms with E-state index in [4.69, 9.17) is 22.3 Å². The molecule has 15 heteroatoms. The van der Waals surface area contributed by atoms with Gasteiger partial charge in [0.05, 0.1) is 6.04 Å². The van der Waals surface area contributed by atoms with Crippen molar-refractivity contribution < 1.29 is 39.3 Å². The van der Waals surface area contributed by atoms with E-state index in [1.165, 1.54) is 24.3 Å². The van der Waals surface area contributed by atoms with E-state index in [-0.39, 0.29) is 43.9 Å². The Labute approximate surface area is 253 Å². The van der Waals surface area contributed by atoms with Crippen molar-refractivity contribution in [3.63, 3.8) is 0 Å². The minimum Gasteiger partial charge on any atom is -0.508 e. The molecule has 0 spiro atoms. The quantitative estimate of drug-likeness (QED) is 0.0556. The van der Waals surface area contributed by atoms with Crippen LogP contribution in [0.4, 0.5) is 0 Å². The Morgan fingerprint density at radius 3 is 1.77 bits per heavy atom. The molecule has 0 radical (unpaired) electrons. The van der Waals surface area contributed by atoms with E-state index >= 15 is 0 Å². The number of phenols is 1. The Hall–Kier alpha value is -5.18. The topological polar surface area (TPSA) is 273 Å². The molecule has 3 amide bonds. The number of nitrogens with two attached hydrogens (primary N) is 3. The maximum Gasteiger partial charge on any atom is 0.326 e. The number of amides is 3. The van der Waals surface area contributed by atoms with Crippen LogP contribution in [-0.2, 0) is 36.8 Å². The first-order valence-corrected chi connectivity index (χ1v) is 13.8. The van der Waals surface area contributed by atoms with E-state index in [1.54, 1.807) is 30.3 Å². The van der Waals surface area contributed by atoms with E-state index in [0.29, 0.717) is 17.5 Å². The van der Waals surface area contributed by atoms with Gasteiger partial charge in [0.15, 0.2) is 5.96 Å². The fourth-order valence-corrected chi connectivity index (χ4v) is 4.14. The van der Waals surface area contributed by atoms with Crippen molar-refractivity contribution in [3.8, 4) is 5.75 Å². The van der Waals surface area contributed by atoms with Crippen molar-refractivity contribution in [2.75, 3.05) is 6.54 Å². The van der Waals surface area contributed by atoms with Gasteiger partial charge in [-0.3, -0.25) is 24.2 Å². The van der Waals surface area contributed by atoms with Gasteiger partial charge in [-0.2, -0.15) is 0 Å². The van der Waals surface area contributed by atoms with Crippen LogP contribution in [0, 0.1) is 0 Å². The van der Waals surface area contributed by atoms with Gasteiger partial charge in [-0.1, -0.05) is 42.5 Å². The number of carboxylic acid groups (broad SMARTS) is 2. The van der Waals surface area contributed by atoms with E-state index in [0.717, 1.165) is 0 Å². The highest BCUT2D eigenvalue weighted by atomic mass is 16.4. The monoisotopic (exact) mass is 613 g/mol. The summed E-state index contributed by atoms with van der Waals surface area (Å²) < 4.78 is 0. The number of guanidine groups is 1. The zero-order valence-corrected chi connectivity index (χ0v) is 24.0. The third-order valence-corrected chi connectivity index (χ3v) is 6.49. The molecule has 0 saturated heterocycles. The average molecular weight is 614 g/mol. The highest BCUT2D eigenvalue weighted by Crippen LogP contribution is 2.13. The van der Waals surface area contributed by atoms with Gasteiger partial charge in [0.2, 0.25) is 17.7 Å². The van der Waals surface area contributed by atoms with E-state index in [9.17, 15) is 34.2 Å². The fourth-order valence-electron chi connectivity index (χ4n) is 4.14. The molecule has 0 bridgehead atoms. The molecule has 4 unspecified atom stereocenters. The van der Waals surface area contributed by atoms with Crippen LogP contribution in [0.1, 0.15) is 36.8 Å². The van der Waals surface area contributed by atoms with Crippen molar-refractivity contribution in [3.05, 3.63) is 65.7 Å². The number of aromatic hydroxyl groups is 1. The molecule has 0 aromatic heterocycles. The maximum atomic E-state index is 13.6. The predicted molar refractivity (Wildman–Crippen MR) is 160 cm³/mol. The summed E-state index contributed by atoms with van der Waals surface area (Å²) in [4.78, 5) is 66.4. The second kappa shape index (κ2) is 17.7. The van der Waals surface area contributed by atoms with Gasteiger partial charge in [-0.05, 0) is 42.5 Å². The SMILES string of the molecule is NC(N)=NCCCC(N)C(=O)NC(Cc1ccccc1)C(=O)NC(Cc1ccc(O)cc1)C(=O)NC(CCC(=O)O)C(=O)O. The molecule has 0 aliphatic heterocycles. The van der Waals surface area contributed by atoms with Crippen LogP contribution in [0.15, 0.2) is 59.6 Å². The molecule has 0 saturated carbocycles. The average Bonchev–Trinajstić information content (AvgIpc) is 2.97. The number of hydrogen-bond acceptors (Lipinski definition) is 8. The number of hydrogen-bond donors (Lipinski definition) is 9. The van der Waals surface area contributed by atoms with Gasteiger partial charge in [0.1, 0.15) is 23.9 Å². The third kappa shape index (κ3) is 12.8. The van der Waals surface area contributed by atoms with E-state index in [1.807, 2.05) is 0 Å². The second-order valence-electron chi connectivity index (χ2n) is 10.1. The minimum atomic E-state index is -1.53. The molecule has 44 heavy (non-hydrogen) atoms. The summed E-state index contributed by atoms with van der Waals surface area (Å²) in [7, 11) is 0. The molecule has 0 fully saturated rings. The summed E-state index contributed by atoms with van der Waals surface area (Å²) in [5.74, 6) is -5.06. The lowest BCUT2D eigenvalue weighted by Crippen LogP contribution is -2.58. The standard InChI is InChI=1S/C29H39N7O8/c30-20(7-4-14-33-29(31)32)25(40)35-22(15-17-5-2-1-3-6-17)27(42)36-23(16-18-8-10-19(37)11-9-18)26(41)34-21(28(43)44)12-13-24(38)39/h1-3,5-6,8-11,20-23,37H,4,7,12-16,30H2,(H,34,41)(H,35,40)(H,36,42)(H,38,39)(H,43,44)(H4,31,32,33). The van der Waals surface area contributed by atoms with E-state index < -0.39 is 60.2 Å². The minimum absolute atomic E-state index is 0.0290. The molecule has 2 aromatic carbocycles. The number of rotatable bonds is 18. The fraction of sp³-hybridized carbons (Fsp3) is 0.379. The normalized spacial score (nSPS) is 13.4. The third-order valence-electron chi connectivity index (χ3n) is 6.49. The second-order valence-corrected chi connectivity index (χ2v) is 10.1. The highest BCUT2D eigenvalue weighted by molar-refractivity contribution is 5.94. The molecular weight excluding hydrogens is 574 g/mol. The van der Waals surface area contributed by atoms with Gasteiger partial charge in [-0.25, -0.2) is 4.79 Å². The lowest BCUT2D eigenvalue weighted by molar-refractivity contribution is -0.143. The number of benzene rings is 2. The first-order valence-electron chi connectivity index (χ1n) is 13.8. The molecule has 0 aliphatic carbocycles. The first-order chi connectivity index (χ1) is 20.8. The molecule has 12 N–H and O–H groups in total. The van der Waals surface area contributed by atoms with Crippen LogP contribution in [-0.4, -0.2) is 81.7 Å². The van der Waals surface area contributed by atoms with E-state index in [2.05, 4.69) is 20.9 Å². The Morgan fingerprint density at radius 1 is 0.727 bits per heavy atom. The van der Waals surface area contributed by atoms with Gasteiger partial charge < -0.3 is 48.5 Å². The number of carbonyl (C=O) groups is 5. The van der Waals surface area contributed by atoms with Gasteiger partial charge in [-0.15, -0.1) is 0 Å². The van der Waals surface area contributed by atoms with Crippen LogP contribution < -0.4 is 33.2 Å². The van der Waals surface area contributed by atoms with Crippen LogP contribution in [0.25, 0.3) is 0 Å². The van der Waals surface area contributed by atoms with Crippen LogP contribution in [0.3, 0.4) is 0 Å². The zero-order valence-electron chi connectivity index (χ0n) is 24.0. The molecule has 2 rings (SSSR count). The first kappa shape index (κ1) is 35.0. The molecular formula is C29H39N7O8. The van der Waals surface area contributed by atoms with Crippen molar-refractivity contribution in [1.29, 1.82) is 0 Å². The smallest absolute Gasteiger partial charge is 0.326 e. The lowest BCUT2D eigenvalue weighted by atomic mass is 10.0. The summed E-state index contributed by atoms with van der Waals surface area (Å²) in [6.07, 6.45) is -0.333. The molecule has 2 aromatic rings. The number of phenolic OH excluding ortho intramolecular Hbond substituents is 1. The Balaban J connectivity index is 2.28. The summed E-state index contributed by atoms with van der Waals surface area (Å²) in [5.41, 5.74) is 17.9. The summed E-state index contributed by atoms with van der Waals surface area (Å²) in [5, 5.41) is 35.6. The molecule has 238 valence electrons. The largest absolute Gasteiger partial charge is 0.508 e. The van der Waals surface area contributed by atoms with Gasteiger partial charge >= 0.3 is 11.9 Å². The van der Waals surface area contributed by atoms with Crippen LogP contribution in [0.5, 0.6) is 5.75 Å². The Morgan fingerprint density at radius 2 is 1.25 bits per heavy atom. The zero-order chi connectivity index (χ0) is 32.6. The van der Waals surface area contributed by atoms with Crippen molar-refractivity contribution in [1.82, 2.24) is 16.0 Å². The van der Waals surface area contributed by atoms with Gasteiger partial charge in [0, 0.05) is 25.8 Å². The van der Waals surface area contributed by atoms with Crippen molar-refractivity contribution >= 4 is 35.6 Å². The molecule has 15 nitrogen and oxygen atoms in total. The lowest BCUT2D eigenvalue weighted by Gasteiger charge is -2.25. The number of aliphatic carboxylic acids is 2.